The van der Waals surface area contributed by atoms with Crippen LogP contribution in [-0.4, -0.2) is 4.57 Å². The largest absolute Gasteiger partial charge is 0.311 e. The zero-order chi connectivity index (χ0) is 13.7. The Morgan fingerprint density at radius 3 is 2.53 bits per heavy atom. The van der Waals surface area contributed by atoms with Crippen LogP contribution in [0.15, 0.2) is 23.0 Å². The zero-order valence-electron chi connectivity index (χ0n) is 12.2. The Kier molecular flexibility index (Phi) is 2.77. The van der Waals surface area contributed by atoms with Crippen LogP contribution in [0.2, 0.25) is 0 Å². The lowest BCUT2D eigenvalue weighted by atomic mass is 9.94. The molecule has 2 aromatic rings. The Hall–Kier alpha value is -1.57. The van der Waals surface area contributed by atoms with Crippen molar-refractivity contribution in [1.29, 1.82) is 0 Å². The summed E-state index contributed by atoms with van der Waals surface area (Å²) in [5.74, 6) is 1.02. The van der Waals surface area contributed by atoms with E-state index in [9.17, 15) is 4.79 Å². The molecule has 1 saturated carbocycles. The van der Waals surface area contributed by atoms with Gasteiger partial charge < -0.3 is 4.57 Å². The highest BCUT2D eigenvalue weighted by Gasteiger charge is 2.24. The monoisotopic (exact) mass is 255 g/mol. The number of hydrogen-bond donors (Lipinski definition) is 0. The van der Waals surface area contributed by atoms with E-state index in [1.807, 2.05) is 7.05 Å². The SMILES string of the molecule is Cc1c(C(C)C)c(=O)n(C)c2ccc(C3CC3)cc12. The number of aromatic nitrogens is 1. The van der Waals surface area contributed by atoms with Crippen LogP contribution in [0, 0.1) is 6.92 Å². The van der Waals surface area contributed by atoms with E-state index in [2.05, 4.69) is 39.0 Å². The zero-order valence-corrected chi connectivity index (χ0v) is 12.2. The number of benzene rings is 1. The van der Waals surface area contributed by atoms with Gasteiger partial charge >= 0.3 is 0 Å². The highest BCUT2D eigenvalue weighted by atomic mass is 16.1. The molecule has 0 bridgehead atoms. The Bertz CT molecular complexity index is 705. The maximum atomic E-state index is 12.4. The molecular formula is C17H21NO. The van der Waals surface area contributed by atoms with Gasteiger partial charge in [0.15, 0.2) is 0 Å². The third-order valence-electron chi connectivity index (χ3n) is 4.35. The van der Waals surface area contributed by atoms with Crippen LogP contribution < -0.4 is 5.56 Å². The molecule has 2 heteroatoms. The quantitative estimate of drug-likeness (QED) is 0.799. The van der Waals surface area contributed by atoms with Crippen LogP contribution in [0.4, 0.5) is 0 Å². The first kappa shape index (κ1) is 12.5. The third-order valence-corrected chi connectivity index (χ3v) is 4.35. The van der Waals surface area contributed by atoms with E-state index in [0.717, 1.165) is 22.6 Å². The van der Waals surface area contributed by atoms with Gasteiger partial charge in [-0.15, -0.1) is 0 Å². The molecule has 100 valence electrons. The second-order valence-electron chi connectivity index (χ2n) is 6.11. The fourth-order valence-corrected chi connectivity index (χ4v) is 3.09. The lowest BCUT2D eigenvalue weighted by Crippen LogP contribution is -2.24. The van der Waals surface area contributed by atoms with Crippen molar-refractivity contribution in [1.82, 2.24) is 4.57 Å². The van der Waals surface area contributed by atoms with E-state index in [-0.39, 0.29) is 11.5 Å². The molecule has 0 amide bonds. The molecule has 1 aromatic heterocycles. The van der Waals surface area contributed by atoms with Gasteiger partial charge in [-0.25, -0.2) is 0 Å². The maximum Gasteiger partial charge on any atom is 0.254 e. The van der Waals surface area contributed by atoms with E-state index in [0.29, 0.717) is 0 Å². The fraction of sp³-hybridized carbons (Fsp3) is 0.471. The summed E-state index contributed by atoms with van der Waals surface area (Å²) < 4.78 is 1.80. The molecule has 1 aromatic carbocycles. The van der Waals surface area contributed by atoms with Crippen LogP contribution >= 0.6 is 0 Å². The lowest BCUT2D eigenvalue weighted by Gasteiger charge is -2.16. The van der Waals surface area contributed by atoms with Crippen LogP contribution in [-0.2, 0) is 7.05 Å². The van der Waals surface area contributed by atoms with Crippen molar-refractivity contribution < 1.29 is 0 Å². The molecule has 1 aliphatic carbocycles. The van der Waals surface area contributed by atoms with Gasteiger partial charge in [0.2, 0.25) is 0 Å². The summed E-state index contributed by atoms with van der Waals surface area (Å²) in [5, 5.41) is 1.25. The number of hydrogen-bond acceptors (Lipinski definition) is 1. The van der Waals surface area contributed by atoms with Crippen LogP contribution in [0.3, 0.4) is 0 Å². The Morgan fingerprint density at radius 1 is 1.26 bits per heavy atom. The Labute approximate surface area is 114 Å². The molecule has 0 unspecified atom stereocenters. The van der Waals surface area contributed by atoms with E-state index < -0.39 is 0 Å². The van der Waals surface area contributed by atoms with E-state index >= 15 is 0 Å². The van der Waals surface area contributed by atoms with Gasteiger partial charge in [0.25, 0.3) is 5.56 Å². The van der Waals surface area contributed by atoms with Crippen molar-refractivity contribution in [3.8, 4) is 0 Å². The van der Waals surface area contributed by atoms with Gasteiger partial charge in [-0.05, 0) is 54.9 Å². The minimum Gasteiger partial charge on any atom is -0.311 e. The molecular weight excluding hydrogens is 234 g/mol. The normalized spacial score (nSPS) is 15.4. The third kappa shape index (κ3) is 1.90. The van der Waals surface area contributed by atoms with Gasteiger partial charge in [-0.1, -0.05) is 19.9 Å². The molecule has 0 aliphatic heterocycles. The topological polar surface area (TPSA) is 22.0 Å². The van der Waals surface area contributed by atoms with Gasteiger partial charge in [0, 0.05) is 18.0 Å². The number of pyridine rings is 1. The summed E-state index contributed by atoms with van der Waals surface area (Å²) >= 11 is 0. The molecule has 0 N–H and O–H groups in total. The predicted molar refractivity (Wildman–Crippen MR) is 80.0 cm³/mol. The van der Waals surface area contributed by atoms with E-state index in [4.69, 9.17) is 0 Å². The molecule has 0 atom stereocenters. The first-order valence-corrected chi connectivity index (χ1v) is 7.14. The van der Waals surface area contributed by atoms with Crippen LogP contribution in [0.1, 0.15) is 55.2 Å². The van der Waals surface area contributed by atoms with Crippen molar-refractivity contribution in [3.05, 3.63) is 45.2 Å². The number of fused-ring (bicyclic) bond motifs is 1. The average molecular weight is 255 g/mol. The molecule has 0 spiro atoms. The summed E-state index contributed by atoms with van der Waals surface area (Å²) in [4.78, 5) is 12.4. The molecule has 2 nitrogen and oxygen atoms in total. The molecule has 0 radical (unpaired) electrons. The first-order valence-electron chi connectivity index (χ1n) is 7.14. The van der Waals surface area contributed by atoms with Crippen molar-refractivity contribution in [2.24, 2.45) is 7.05 Å². The lowest BCUT2D eigenvalue weighted by molar-refractivity contribution is 0.793. The van der Waals surface area contributed by atoms with Gasteiger partial charge in [-0.3, -0.25) is 4.79 Å². The second-order valence-corrected chi connectivity index (χ2v) is 6.11. The number of nitrogens with zero attached hydrogens (tertiary/aromatic N) is 1. The van der Waals surface area contributed by atoms with Gasteiger partial charge in [0.1, 0.15) is 0 Å². The molecule has 19 heavy (non-hydrogen) atoms. The molecule has 3 rings (SSSR count). The smallest absolute Gasteiger partial charge is 0.254 e. The second kappa shape index (κ2) is 4.22. The number of rotatable bonds is 2. The highest BCUT2D eigenvalue weighted by Crippen LogP contribution is 2.41. The van der Waals surface area contributed by atoms with E-state index in [1.165, 1.54) is 23.8 Å². The van der Waals surface area contributed by atoms with Crippen LogP contribution in [0.5, 0.6) is 0 Å². The van der Waals surface area contributed by atoms with E-state index in [1.54, 1.807) is 4.57 Å². The highest BCUT2D eigenvalue weighted by molar-refractivity contribution is 5.84. The molecule has 1 aliphatic rings. The average Bonchev–Trinajstić information content (AvgIpc) is 3.19. The Balaban J connectivity index is 2.37. The molecule has 1 fully saturated rings. The standard InChI is InChI=1S/C17H21NO/c1-10(2)16-11(3)14-9-13(12-5-6-12)7-8-15(14)18(4)17(16)19/h7-10,12H,5-6H2,1-4H3. The van der Waals surface area contributed by atoms with Crippen LogP contribution in [0.25, 0.3) is 10.9 Å². The minimum atomic E-state index is 0.152. The summed E-state index contributed by atoms with van der Waals surface area (Å²) in [6.07, 6.45) is 2.63. The summed E-state index contributed by atoms with van der Waals surface area (Å²) in [6, 6.07) is 6.60. The first-order chi connectivity index (χ1) is 9.00. The predicted octanol–water partition coefficient (Wildman–Crippen LogP) is 3.85. The number of aryl methyl sites for hydroxylation is 2. The van der Waals surface area contributed by atoms with Crippen molar-refractivity contribution >= 4 is 10.9 Å². The minimum absolute atomic E-state index is 0.152. The fourth-order valence-electron chi connectivity index (χ4n) is 3.09. The maximum absolute atomic E-state index is 12.4. The summed E-state index contributed by atoms with van der Waals surface area (Å²) in [6.45, 7) is 6.29. The van der Waals surface area contributed by atoms with Gasteiger partial charge in [-0.2, -0.15) is 0 Å². The van der Waals surface area contributed by atoms with Crippen molar-refractivity contribution in [2.75, 3.05) is 0 Å². The summed E-state index contributed by atoms with van der Waals surface area (Å²) in [7, 11) is 1.88. The molecule has 1 heterocycles. The van der Waals surface area contributed by atoms with Gasteiger partial charge in [0.05, 0.1) is 5.52 Å². The van der Waals surface area contributed by atoms with Crippen molar-refractivity contribution in [2.45, 2.75) is 45.4 Å². The Morgan fingerprint density at radius 2 is 1.95 bits per heavy atom. The summed E-state index contributed by atoms with van der Waals surface area (Å²) in [5.41, 5.74) is 4.76. The van der Waals surface area contributed by atoms with Crippen molar-refractivity contribution in [3.63, 3.8) is 0 Å². The molecule has 0 saturated heterocycles.